The third-order valence-electron chi connectivity index (χ3n) is 2.91. The molecule has 4 heteroatoms. The highest BCUT2D eigenvalue weighted by atomic mass is 35.5. The van der Waals surface area contributed by atoms with Gasteiger partial charge in [-0.2, -0.15) is 0 Å². The van der Waals surface area contributed by atoms with E-state index in [4.69, 9.17) is 4.74 Å². The molecular formula is C8H14ClNO2. The lowest BCUT2D eigenvalue weighted by molar-refractivity contribution is -0.158. The molecular weight excluding hydrogens is 178 g/mol. The number of methoxy groups -OCH3 is 1. The monoisotopic (exact) mass is 191 g/mol. The summed E-state index contributed by atoms with van der Waals surface area (Å²) in [5.74, 6) is 1.32. The molecule has 0 aromatic carbocycles. The molecule has 2 heterocycles. The summed E-state index contributed by atoms with van der Waals surface area (Å²) in [6.07, 6.45) is 1.22. The third kappa shape index (κ3) is 1.31. The van der Waals surface area contributed by atoms with Crippen molar-refractivity contribution in [2.75, 3.05) is 20.2 Å². The van der Waals surface area contributed by atoms with Gasteiger partial charge in [0.15, 0.2) is 0 Å². The van der Waals surface area contributed by atoms with Gasteiger partial charge in [0.1, 0.15) is 0 Å². The molecule has 2 bridgehead atoms. The molecule has 70 valence electrons. The van der Waals surface area contributed by atoms with E-state index in [-0.39, 0.29) is 24.3 Å². The molecule has 0 radical (unpaired) electrons. The number of ether oxygens (including phenoxy) is 1. The molecule has 3 rings (SSSR count). The van der Waals surface area contributed by atoms with Crippen molar-refractivity contribution >= 4 is 18.4 Å². The Bertz CT molecular complexity index is 172. The van der Waals surface area contributed by atoms with E-state index in [0.29, 0.717) is 11.8 Å². The summed E-state index contributed by atoms with van der Waals surface area (Å²) in [6.45, 7) is 1.99. The summed E-state index contributed by atoms with van der Waals surface area (Å²) in [4.78, 5) is 11.2. The summed E-state index contributed by atoms with van der Waals surface area (Å²) in [5, 5.41) is 3.29. The highest BCUT2D eigenvalue weighted by Gasteiger charge is 2.48. The summed E-state index contributed by atoms with van der Waals surface area (Å²) in [6, 6.07) is 0. The lowest BCUT2D eigenvalue weighted by Crippen LogP contribution is -2.56. The minimum Gasteiger partial charge on any atom is -0.469 e. The molecule has 3 aliphatic rings. The zero-order chi connectivity index (χ0) is 7.84. The van der Waals surface area contributed by atoms with Crippen molar-refractivity contribution in [1.82, 2.24) is 5.32 Å². The molecule has 0 spiro atoms. The van der Waals surface area contributed by atoms with E-state index < -0.39 is 0 Å². The number of carbonyl (C=O) groups excluding carboxylic acids is 1. The highest BCUT2D eigenvalue weighted by Crippen LogP contribution is 2.42. The highest BCUT2D eigenvalue weighted by molar-refractivity contribution is 5.85. The van der Waals surface area contributed by atoms with Crippen LogP contribution in [0.5, 0.6) is 0 Å². The van der Waals surface area contributed by atoms with Crippen molar-refractivity contribution in [2.45, 2.75) is 6.42 Å². The predicted molar refractivity (Wildman–Crippen MR) is 47.2 cm³/mol. The number of hydrogen-bond acceptors (Lipinski definition) is 3. The van der Waals surface area contributed by atoms with Crippen LogP contribution in [0, 0.1) is 17.8 Å². The molecule has 2 saturated heterocycles. The Morgan fingerprint density at radius 3 is 2.42 bits per heavy atom. The number of piperidine rings is 2. The summed E-state index contributed by atoms with van der Waals surface area (Å²) < 4.78 is 4.72. The first-order valence-corrected chi connectivity index (χ1v) is 4.11. The second-order valence-electron chi connectivity index (χ2n) is 3.46. The minimum absolute atomic E-state index is 0. The molecule has 12 heavy (non-hydrogen) atoms. The first-order valence-electron chi connectivity index (χ1n) is 4.11. The van der Waals surface area contributed by atoms with Gasteiger partial charge in [0.2, 0.25) is 0 Å². The smallest absolute Gasteiger partial charge is 0.309 e. The Kier molecular flexibility index (Phi) is 2.96. The van der Waals surface area contributed by atoms with E-state index in [2.05, 4.69) is 5.32 Å². The van der Waals surface area contributed by atoms with Crippen molar-refractivity contribution in [3.05, 3.63) is 0 Å². The molecule has 1 N–H and O–H groups in total. The van der Waals surface area contributed by atoms with Crippen molar-refractivity contribution in [1.29, 1.82) is 0 Å². The fourth-order valence-corrected chi connectivity index (χ4v) is 2.27. The zero-order valence-electron chi connectivity index (χ0n) is 7.08. The van der Waals surface area contributed by atoms with Gasteiger partial charge in [0.05, 0.1) is 13.0 Å². The van der Waals surface area contributed by atoms with E-state index in [1.54, 1.807) is 0 Å². The van der Waals surface area contributed by atoms with Crippen molar-refractivity contribution in [2.24, 2.45) is 17.8 Å². The van der Waals surface area contributed by atoms with Crippen molar-refractivity contribution in [3.8, 4) is 0 Å². The number of fused-ring (bicyclic) bond motifs is 2. The lowest BCUT2D eigenvalue weighted by atomic mass is 9.62. The minimum atomic E-state index is -0.00671. The molecule has 0 amide bonds. The lowest BCUT2D eigenvalue weighted by Gasteiger charge is -2.47. The van der Waals surface area contributed by atoms with Gasteiger partial charge in [-0.05, 0) is 31.3 Å². The molecule has 2 atom stereocenters. The maximum atomic E-state index is 11.2. The first kappa shape index (κ1) is 9.81. The Balaban J connectivity index is 0.000000720. The van der Waals surface area contributed by atoms with Crippen molar-refractivity contribution in [3.63, 3.8) is 0 Å². The molecule has 3 fully saturated rings. The molecule has 2 unspecified atom stereocenters. The van der Waals surface area contributed by atoms with E-state index in [9.17, 15) is 4.79 Å². The number of hydrogen-bond donors (Lipinski definition) is 1. The van der Waals surface area contributed by atoms with Crippen LogP contribution in [0.1, 0.15) is 6.42 Å². The van der Waals surface area contributed by atoms with Crippen LogP contribution in [0.2, 0.25) is 0 Å². The topological polar surface area (TPSA) is 38.3 Å². The standard InChI is InChI=1S/C8H13NO2.ClH/c1-11-8(10)7-5-2-6(7)4-9-3-5;/h5-7,9H,2-4H2,1H3;1H. The van der Waals surface area contributed by atoms with Crippen LogP contribution < -0.4 is 5.32 Å². The fraction of sp³-hybridized carbons (Fsp3) is 0.875. The Labute approximate surface area is 78.3 Å². The van der Waals surface area contributed by atoms with Gasteiger partial charge in [-0.1, -0.05) is 0 Å². The second kappa shape index (κ2) is 3.62. The van der Waals surface area contributed by atoms with Crippen LogP contribution >= 0.6 is 12.4 Å². The normalized spacial score (nSPS) is 37.6. The Morgan fingerprint density at radius 1 is 1.42 bits per heavy atom. The zero-order valence-corrected chi connectivity index (χ0v) is 7.89. The quantitative estimate of drug-likeness (QED) is 0.612. The number of carbonyl (C=O) groups is 1. The number of esters is 1. The van der Waals surface area contributed by atoms with Gasteiger partial charge in [0, 0.05) is 0 Å². The summed E-state index contributed by atoms with van der Waals surface area (Å²) in [7, 11) is 1.48. The van der Waals surface area contributed by atoms with Gasteiger partial charge < -0.3 is 10.1 Å². The molecule has 3 nitrogen and oxygen atoms in total. The van der Waals surface area contributed by atoms with Gasteiger partial charge in [-0.25, -0.2) is 0 Å². The first-order chi connectivity index (χ1) is 5.33. The van der Waals surface area contributed by atoms with Crippen LogP contribution in [0.4, 0.5) is 0 Å². The van der Waals surface area contributed by atoms with Crippen molar-refractivity contribution < 1.29 is 9.53 Å². The summed E-state index contributed by atoms with van der Waals surface area (Å²) in [5.41, 5.74) is 0. The van der Waals surface area contributed by atoms with Gasteiger partial charge in [-0.15, -0.1) is 12.4 Å². The average Bonchev–Trinajstić information content (AvgIpc) is 2.05. The van der Waals surface area contributed by atoms with Gasteiger partial charge in [0.25, 0.3) is 0 Å². The van der Waals surface area contributed by atoms with Crippen LogP contribution in [-0.2, 0) is 9.53 Å². The molecule has 1 saturated carbocycles. The maximum absolute atomic E-state index is 11.2. The van der Waals surface area contributed by atoms with E-state index in [0.717, 1.165) is 13.1 Å². The van der Waals surface area contributed by atoms with Crippen LogP contribution in [0.3, 0.4) is 0 Å². The number of rotatable bonds is 1. The number of nitrogens with one attached hydrogen (secondary N) is 1. The third-order valence-corrected chi connectivity index (χ3v) is 2.91. The van der Waals surface area contributed by atoms with Gasteiger partial charge >= 0.3 is 5.97 Å². The fourth-order valence-electron chi connectivity index (χ4n) is 2.27. The van der Waals surface area contributed by atoms with Crippen LogP contribution in [0.15, 0.2) is 0 Å². The largest absolute Gasteiger partial charge is 0.469 e. The second-order valence-corrected chi connectivity index (χ2v) is 3.46. The average molecular weight is 192 g/mol. The summed E-state index contributed by atoms with van der Waals surface area (Å²) >= 11 is 0. The molecule has 0 aromatic rings. The maximum Gasteiger partial charge on any atom is 0.309 e. The van der Waals surface area contributed by atoms with Gasteiger partial charge in [-0.3, -0.25) is 4.79 Å². The molecule has 1 aliphatic carbocycles. The SMILES string of the molecule is COC(=O)C1C2CNCC1C2.Cl. The predicted octanol–water partition coefficient (Wildman–Crippen LogP) is 0.437. The Morgan fingerprint density at radius 2 is 2.00 bits per heavy atom. The molecule has 2 aliphatic heterocycles. The van der Waals surface area contributed by atoms with E-state index >= 15 is 0 Å². The number of halogens is 1. The van der Waals surface area contributed by atoms with Crippen LogP contribution in [0.25, 0.3) is 0 Å². The Hall–Kier alpha value is -0.280. The molecule has 0 aromatic heterocycles. The van der Waals surface area contributed by atoms with Crippen LogP contribution in [-0.4, -0.2) is 26.2 Å². The van der Waals surface area contributed by atoms with E-state index in [1.165, 1.54) is 13.5 Å². The van der Waals surface area contributed by atoms with E-state index in [1.807, 2.05) is 0 Å².